The third-order valence-corrected chi connectivity index (χ3v) is 4.50. The van der Waals surface area contributed by atoms with Crippen molar-refractivity contribution >= 4 is 34.9 Å². The van der Waals surface area contributed by atoms with Crippen LogP contribution in [-0.2, 0) is 9.59 Å². The summed E-state index contributed by atoms with van der Waals surface area (Å²) in [6.07, 6.45) is 0. The number of ether oxygens (including phenoxy) is 1. The van der Waals surface area contributed by atoms with E-state index in [9.17, 15) is 24.5 Å². The van der Waals surface area contributed by atoms with Crippen molar-refractivity contribution in [3.05, 3.63) is 58.1 Å². The highest BCUT2D eigenvalue weighted by Crippen LogP contribution is 2.29. The van der Waals surface area contributed by atoms with Gasteiger partial charge < -0.3 is 15.4 Å². The molecule has 2 aromatic carbocycles. The minimum Gasteiger partial charge on any atom is -0.497 e. The van der Waals surface area contributed by atoms with Gasteiger partial charge >= 0.3 is 6.03 Å². The van der Waals surface area contributed by atoms with Crippen molar-refractivity contribution in [3.63, 3.8) is 0 Å². The van der Waals surface area contributed by atoms with Gasteiger partial charge in [-0.3, -0.25) is 19.7 Å². The number of nitro benzene ring substituents is 1. The molecule has 2 N–H and O–H groups in total. The minimum atomic E-state index is -1.25. The minimum absolute atomic E-state index is 0.0140. The Kier molecular flexibility index (Phi) is 5.44. The van der Waals surface area contributed by atoms with Gasteiger partial charge in [0.15, 0.2) is 0 Å². The summed E-state index contributed by atoms with van der Waals surface area (Å²) >= 11 is 0. The second kappa shape index (κ2) is 7.97. The van der Waals surface area contributed by atoms with Crippen LogP contribution in [0.1, 0.15) is 5.56 Å². The highest BCUT2D eigenvalue weighted by Gasteiger charge is 2.40. The zero-order chi connectivity index (χ0) is 21.1. The summed E-state index contributed by atoms with van der Waals surface area (Å²) in [7, 11) is 1.45. The predicted molar refractivity (Wildman–Crippen MR) is 104 cm³/mol. The van der Waals surface area contributed by atoms with Crippen LogP contribution in [0.15, 0.2) is 42.5 Å². The third kappa shape index (κ3) is 3.86. The Balaban J connectivity index is 1.88. The summed E-state index contributed by atoms with van der Waals surface area (Å²) in [5, 5.41) is 16.2. The van der Waals surface area contributed by atoms with E-state index in [1.54, 1.807) is 25.1 Å². The molecular formula is C19H18N4O6. The number of nitrogens with one attached hydrogen (secondary N) is 2. The van der Waals surface area contributed by atoms with Crippen LogP contribution in [0.25, 0.3) is 0 Å². The number of rotatable bonds is 5. The summed E-state index contributed by atoms with van der Waals surface area (Å²) < 4.78 is 5.11. The third-order valence-electron chi connectivity index (χ3n) is 4.50. The number of hydrogen-bond donors (Lipinski definition) is 2. The zero-order valence-corrected chi connectivity index (χ0v) is 15.7. The van der Waals surface area contributed by atoms with E-state index in [1.165, 1.54) is 31.4 Å². The van der Waals surface area contributed by atoms with Crippen molar-refractivity contribution in [2.24, 2.45) is 5.92 Å². The van der Waals surface area contributed by atoms with E-state index in [1.807, 2.05) is 0 Å². The lowest BCUT2D eigenvalue weighted by atomic mass is 10.0. The molecule has 1 unspecified atom stereocenters. The van der Waals surface area contributed by atoms with Gasteiger partial charge in [0.1, 0.15) is 17.4 Å². The molecule has 1 aliphatic heterocycles. The van der Waals surface area contributed by atoms with Gasteiger partial charge in [-0.1, -0.05) is 18.2 Å². The van der Waals surface area contributed by atoms with E-state index < -0.39 is 28.7 Å². The first-order valence-corrected chi connectivity index (χ1v) is 8.64. The maximum atomic E-state index is 12.9. The molecule has 0 saturated carbocycles. The molecule has 1 saturated heterocycles. The van der Waals surface area contributed by atoms with Crippen LogP contribution in [0.3, 0.4) is 0 Å². The van der Waals surface area contributed by atoms with Gasteiger partial charge in [0, 0.05) is 18.7 Å². The molecule has 1 fully saturated rings. The molecule has 1 atom stereocenters. The van der Waals surface area contributed by atoms with E-state index >= 15 is 0 Å². The largest absolute Gasteiger partial charge is 0.497 e. The number of para-hydroxylation sites is 1. The smallest absolute Gasteiger partial charge is 0.328 e. The van der Waals surface area contributed by atoms with Gasteiger partial charge in [0.2, 0.25) is 11.8 Å². The average molecular weight is 398 g/mol. The highest BCUT2D eigenvalue weighted by molar-refractivity contribution is 6.23. The number of methoxy groups -OCH3 is 1. The number of anilines is 2. The standard InChI is InChI=1S/C19H18N4O6/c1-11-5-3-8-15(23(27)28)16(11)21-17(24)14-10-20-19(26)22(18(14)25)12-6-4-7-13(9-12)29-2/h3-9,14H,10H2,1-2H3,(H,20,26)(H,21,24). The second-order valence-corrected chi connectivity index (χ2v) is 6.33. The topological polar surface area (TPSA) is 131 Å². The molecule has 150 valence electrons. The van der Waals surface area contributed by atoms with E-state index in [4.69, 9.17) is 4.74 Å². The number of benzene rings is 2. The van der Waals surface area contributed by atoms with Gasteiger partial charge in [-0.2, -0.15) is 0 Å². The lowest BCUT2D eigenvalue weighted by Crippen LogP contribution is -2.58. The van der Waals surface area contributed by atoms with E-state index in [2.05, 4.69) is 10.6 Å². The van der Waals surface area contributed by atoms with Crippen molar-refractivity contribution in [1.82, 2.24) is 5.32 Å². The van der Waals surface area contributed by atoms with Gasteiger partial charge in [-0.05, 0) is 24.6 Å². The Morgan fingerprint density at radius 2 is 2.00 bits per heavy atom. The molecule has 29 heavy (non-hydrogen) atoms. The van der Waals surface area contributed by atoms with Gasteiger partial charge in [-0.15, -0.1) is 0 Å². The molecule has 4 amide bonds. The van der Waals surface area contributed by atoms with E-state index in [0.717, 1.165) is 4.90 Å². The van der Waals surface area contributed by atoms with Gasteiger partial charge in [0.05, 0.1) is 17.7 Å². The van der Waals surface area contributed by atoms with Crippen molar-refractivity contribution in [3.8, 4) is 5.75 Å². The first-order valence-electron chi connectivity index (χ1n) is 8.64. The number of carbonyl (C=O) groups excluding carboxylic acids is 3. The SMILES string of the molecule is COc1cccc(N2C(=O)NCC(C(=O)Nc3c(C)cccc3[N+](=O)[O-])C2=O)c1. The predicted octanol–water partition coefficient (Wildman–Crippen LogP) is 2.22. The lowest BCUT2D eigenvalue weighted by molar-refractivity contribution is -0.384. The molecule has 0 spiro atoms. The maximum absolute atomic E-state index is 12.9. The van der Waals surface area contributed by atoms with E-state index in [-0.39, 0.29) is 23.6 Å². The maximum Gasteiger partial charge on any atom is 0.328 e. The van der Waals surface area contributed by atoms with Crippen molar-refractivity contribution < 1.29 is 24.0 Å². The molecule has 0 bridgehead atoms. The Labute approximate surface area is 165 Å². The fraction of sp³-hybridized carbons (Fsp3) is 0.211. The number of nitro groups is 1. The average Bonchev–Trinajstić information content (AvgIpc) is 2.69. The number of amides is 4. The quantitative estimate of drug-likeness (QED) is 0.451. The second-order valence-electron chi connectivity index (χ2n) is 6.33. The summed E-state index contributed by atoms with van der Waals surface area (Å²) in [6, 6.07) is 9.97. The molecule has 0 aliphatic carbocycles. The molecular weight excluding hydrogens is 380 g/mol. The van der Waals surface area contributed by atoms with Crippen LogP contribution in [0.4, 0.5) is 21.9 Å². The van der Waals surface area contributed by atoms with Crippen molar-refractivity contribution in [2.45, 2.75) is 6.92 Å². The number of imide groups is 1. The summed E-state index contributed by atoms with van der Waals surface area (Å²) in [6.45, 7) is 1.39. The number of hydrogen-bond acceptors (Lipinski definition) is 6. The Morgan fingerprint density at radius 3 is 2.69 bits per heavy atom. The monoisotopic (exact) mass is 398 g/mol. The lowest BCUT2D eigenvalue weighted by Gasteiger charge is -2.30. The number of aryl methyl sites for hydroxylation is 1. The number of nitrogens with zero attached hydrogens (tertiary/aromatic N) is 2. The Bertz CT molecular complexity index is 1010. The summed E-state index contributed by atoms with van der Waals surface area (Å²) in [5.74, 6) is -2.31. The molecule has 0 radical (unpaired) electrons. The summed E-state index contributed by atoms with van der Waals surface area (Å²) in [5.41, 5.74) is 0.450. The van der Waals surface area contributed by atoms with Crippen molar-refractivity contribution in [2.75, 3.05) is 23.9 Å². The van der Waals surface area contributed by atoms with Gasteiger partial charge in [-0.25, -0.2) is 9.69 Å². The van der Waals surface area contributed by atoms with Crippen LogP contribution in [-0.4, -0.2) is 36.4 Å². The molecule has 1 heterocycles. The van der Waals surface area contributed by atoms with Crippen LogP contribution >= 0.6 is 0 Å². The molecule has 1 aliphatic rings. The fourth-order valence-electron chi connectivity index (χ4n) is 2.99. The first-order chi connectivity index (χ1) is 13.8. The molecule has 2 aromatic rings. The zero-order valence-electron chi connectivity index (χ0n) is 15.7. The Morgan fingerprint density at radius 1 is 1.28 bits per heavy atom. The molecule has 10 heteroatoms. The van der Waals surface area contributed by atoms with Crippen LogP contribution < -0.4 is 20.3 Å². The molecule has 0 aromatic heterocycles. The normalized spacial score (nSPS) is 16.2. The molecule has 3 rings (SSSR count). The molecule has 10 nitrogen and oxygen atoms in total. The summed E-state index contributed by atoms with van der Waals surface area (Å²) in [4.78, 5) is 49.4. The Hall–Kier alpha value is -3.95. The van der Waals surface area contributed by atoms with Gasteiger partial charge in [0.25, 0.3) is 5.69 Å². The van der Waals surface area contributed by atoms with Crippen LogP contribution in [0.5, 0.6) is 5.75 Å². The first kappa shape index (κ1) is 19.8. The van der Waals surface area contributed by atoms with Crippen molar-refractivity contribution in [1.29, 1.82) is 0 Å². The van der Waals surface area contributed by atoms with E-state index in [0.29, 0.717) is 11.3 Å². The number of carbonyl (C=O) groups is 3. The fourth-order valence-corrected chi connectivity index (χ4v) is 2.99. The van der Waals surface area contributed by atoms with Crippen LogP contribution in [0, 0.1) is 23.0 Å². The highest BCUT2D eigenvalue weighted by atomic mass is 16.6. The van der Waals surface area contributed by atoms with Crippen LogP contribution in [0.2, 0.25) is 0 Å². The number of urea groups is 1.